The summed E-state index contributed by atoms with van der Waals surface area (Å²) in [6, 6.07) is 7.07. The van der Waals surface area contributed by atoms with E-state index in [0.717, 1.165) is 30.8 Å². The van der Waals surface area contributed by atoms with Gasteiger partial charge in [-0.3, -0.25) is 0 Å². The second-order valence-electron chi connectivity index (χ2n) is 4.14. The molecule has 5 heteroatoms. The Kier molecular flexibility index (Phi) is 2.26. The number of benzene rings is 1. The number of nitrogen functional groups attached to an aromatic ring is 1. The van der Waals surface area contributed by atoms with Gasteiger partial charge in [0.1, 0.15) is 17.3 Å². The van der Waals surface area contributed by atoms with Crippen molar-refractivity contribution in [2.75, 3.05) is 12.3 Å². The lowest BCUT2D eigenvalue weighted by molar-refractivity contribution is 0.470. The molecule has 3 rings (SSSR count). The van der Waals surface area contributed by atoms with Gasteiger partial charge in [-0.1, -0.05) is 12.1 Å². The van der Waals surface area contributed by atoms with Crippen molar-refractivity contribution in [2.45, 2.75) is 13.0 Å². The minimum Gasteiger partial charge on any atom is -0.506 e. The van der Waals surface area contributed by atoms with Gasteiger partial charge in [-0.2, -0.15) is 5.10 Å². The van der Waals surface area contributed by atoms with Crippen LogP contribution in [0.1, 0.15) is 11.3 Å². The molecule has 0 saturated carbocycles. The lowest BCUT2D eigenvalue weighted by Crippen LogP contribution is -2.23. The Bertz CT molecular complexity index is 562. The molecule has 5 nitrogen and oxygen atoms in total. The van der Waals surface area contributed by atoms with Gasteiger partial charge < -0.3 is 16.2 Å². The molecule has 0 spiro atoms. The molecule has 88 valence electrons. The number of nitrogens with two attached hydrogens (primary N) is 1. The van der Waals surface area contributed by atoms with Crippen LogP contribution in [0.15, 0.2) is 24.3 Å². The Morgan fingerprint density at radius 2 is 2.18 bits per heavy atom. The number of hydrogen-bond donors (Lipinski definition) is 3. The standard InChI is InChI=1S/C12H14N4O/c13-12-8-5-6-14-7-9(8)15-16(12)10-3-1-2-4-11(10)17/h1-4,14,17H,5-7,13H2. The van der Waals surface area contributed by atoms with E-state index in [0.29, 0.717) is 11.5 Å². The van der Waals surface area contributed by atoms with Gasteiger partial charge in [0.15, 0.2) is 0 Å². The Morgan fingerprint density at radius 1 is 1.35 bits per heavy atom. The fourth-order valence-corrected chi connectivity index (χ4v) is 2.17. The van der Waals surface area contributed by atoms with E-state index in [1.807, 2.05) is 6.07 Å². The molecule has 1 aromatic heterocycles. The van der Waals surface area contributed by atoms with Crippen LogP contribution in [-0.4, -0.2) is 21.4 Å². The molecular formula is C12H14N4O. The minimum absolute atomic E-state index is 0.187. The molecular weight excluding hydrogens is 216 g/mol. The van der Waals surface area contributed by atoms with Gasteiger partial charge in [0.25, 0.3) is 0 Å². The Balaban J connectivity index is 2.16. The summed E-state index contributed by atoms with van der Waals surface area (Å²) in [6.45, 7) is 1.66. The lowest BCUT2D eigenvalue weighted by Gasteiger charge is -2.10. The van der Waals surface area contributed by atoms with Gasteiger partial charge in [-0.05, 0) is 25.1 Å². The van der Waals surface area contributed by atoms with E-state index in [4.69, 9.17) is 5.73 Å². The average Bonchev–Trinajstić information content (AvgIpc) is 2.68. The summed E-state index contributed by atoms with van der Waals surface area (Å²) >= 11 is 0. The van der Waals surface area contributed by atoms with Crippen molar-refractivity contribution in [3.05, 3.63) is 35.5 Å². The molecule has 0 saturated heterocycles. The van der Waals surface area contributed by atoms with Crippen LogP contribution in [-0.2, 0) is 13.0 Å². The number of aromatic hydroxyl groups is 1. The number of rotatable bonds is 1. The molecule has 1 aromatic carbocycles. The summed E-state index contributed by atoms with van der Waals surface area (Å²) in [5, 5.41) is 17.5. The maximum atomic E-state index is 9.82. The van der Waals surface area contributed by atoms with E-state index < -0.39 is 0 Å². The molecule has 0 fully saturated rings. The zero-order valence-corrected chi connectivity index (χ0v) is 9.35. The van der Waals surface area contributed by atoms with Crippen molar-refractivity contribution in [1.29, 1.82) is 0 Å². The molecule has 4 N–H and O–H groups in total. The quantitative estimate of drug-likeness (QED) is 0.677. The third-order valence-corrected chi connectivity index (χ3v) is 3.06. The summed E-state index contributed by atoms with van der Waals surface area (Å²) in [4.78, 5) is 0. The summed E-state index contributed by atoms with van der Waals surface area (Å²) < 4.78 is 1.62. The van der Waals surface area contributed by atoms with Crippen LogP contribution < -0.4 is 11.1 Å². The van der Waals surface area contributed by atoms with E-state index >= 15 is 0 Å². The predicted molar refractivity (Wildman–Crippen MR) is 65.1 cm³/mol. The van der Waals surface area contributed by atoms with Gasteiger partial charge in [0.05, 0.1) is 5.69 Å². The van der Waals surface area contributed by atoms with Gasteiger partial charge in [0, 0.05) is 12.1 Å². The summed E-state index contributed by atoms with van der Waals surface area (Å²) in [7, 11) is 0. The second kappa shape index (κ2) is 3.78. The molecule has 0 bridgehead atoms. The molecule has 1 aliphatic heterocycles. The third kappa shape index (κ3) is 1.55. The maximum Gasteiger partial charge on any atom is 0.141 e. The molecule has 0 radical (unpaired) electrons. The molecule has 1 aliphatic rings. The van der Waals surface area contributed by atoms with E-state index in [-0.39, 0.29) is 5.75 Å². The van der Waals surface area contributed by atoms with E-state index in [1.165, 1.54) is 0 Å². The van der Waals surface area contributed by atoms with Crippen LogP contribution in [0.4, 0.5) is 5.82 Å². The molecule has 0 atom stereocenters. The summed E-state index contributed by atoms with van der Waals surface area (Å²) in [6.07, 6.45) is 0.884. The highest BCUT2D eigenvalue weighted by Crippen LogP contribution is 2.27. The lowest BCUT2D eigenvalue weighted by atomic mass is 10.1. The highest BCUT2D eigenvalue weighted by molar-refractivity contribution is 5.55. The fourth-order valence-electron chi connectivity index (χ4n) is 2.17. The predicted octanol–water partition coefficient (Wildman–Crippen LogP) is 0.806. The van der Waals surface area contributed by atoms with Crippen molar-refractivity contribution < 1.29 is 5.11 Å². The summed E-state index contributed by atoms with van der Waals surface area (Å²) in [5.74, 6) is 0.815. The van der Waals surface area contributed by atoms with E-state index in [2.05, 4.69) is 10.4 Å². The van der Waals surface area contributed by atoms with E-state index in [1.54, 1.807) is 22.9 Å². The number of anilines is 1. The highest BCUT2D eigenvalue weighted by Gasteiger charge is 2.20. The first-order valence-electron chi connectivity index (χ1n) is 5.62. The SMILES string of the molecule is Nc1c2c(nn1-c1ccccc1O)CNCC2. The molecule has 0 aliphatic carbocycles. The smallest absolute Gasteiger partial charge is 0.141 e. The van der Waals surface area contributed by atoms with Crippen LogP contribution in [0.2, 0.25) is 0 Å². The Hall–Kier alpha value is -2.01. The van der Waals surface area contributed by atoms with Gasteiger partial charge in [0.2, 0.25) is 0 Å². The van der Waals surface area contributed by atoms with Crippen molar-refractivity contribution in [3.8, 4) is 11.4 Å². The van der Waals surface area contributed by atoms with Gasteiger partial charge in [-0.25, -0.2) is 4.68 Å². The van der Waals surface area contributed by atoms with E-state index in [9.17, 15) is 5.11 Å². The highest BCUT2D eigenvalue weighted by atomic mass is 16.3. The number of phenols is 1. The van der Waals surface area contributed by atoms with Crippen molar-refractivity contribution >= 4 is 5.82 Å². The van der Waals surface area contributed by atoms with Crippen LogP contribution in [0.3, 0.4) is 0 Å². The zero-order chi connectivity index (χ0) is 11.8. The normalized spacial score (nSPS) is 14.6. The Labute approximate surface area is 98.9 Å². The monoisotopic (exact) mass is 230 g/mol. The number of nitrogens with zero attached hydrogens (tertiary/aromatic N) is 2. The first-order chi connectivity index (χ1) is 8.27. The molecule has 2 aromatic rings. The minimum atomic E-state index is 0.187. The second-order valence-corrected chi connectivity index (χ2v) is 4.14. The first kappa shape index (κ1) is 10.2. The molecule has 2 heterocycles. The average molecular weight is 230 g/mol. The van der Waals surface area contributed by atoms with Gasteiger partial charge in [-0.15, -0.1) is 0 Å². The Morgan fingerprint density at radius 3 is 2.94 bits per heavy atom. The number of nitrogens with one attached hydrogen (secondary N) is 1. The van der Waals surface area contributed by atoms with Gasteiger partial charge >= 0.3 is 0 Å². The van der Waals surface area contributed by atoms with Crippen LogP contribution in [0, 0.1) is 0 Å². The number of fused-ring (bicyclic) bond motifs is 1. The number of aromatic nitrogens is 2. The third-order valence-electron chi connectivity index (χ3n) is 3.06. The van der Waals surface area contributed by atoms with Crippen molar-refractivity contribution in [1.82, 2.24) is 15.1 Å². The van der Waals surface area contributed by atoms with Crippen LogP contribution in [0.5, 0.6) is 5.75 Å². The van der Waals surface area contributed by atoms with Crippen molar-refractivity contribution in [2.24, 2.45) is 0 Å². The zero-order valence-electron chi connectivity index (χ0n) is 9.35. The largest absolute Gasteiger partial charge is 0.506 e. The molecule has 0 unspecified atom stereocenters. The maximum absolute atomic E-state index is 9.82. The first-order valence-corrected chi connectivity index (χ1v) is 5.62. The fraction of sp³-hybridized carbons (Fsp3) is 0.250. The number of hydrogen-bond acceptors (Lipinski definition) is 4. The van der Waals surface area contributed by atoms with Crippen molar-refractivity contribution in [3.63, 3.8) is 0 Å². The van der Waals surface area contributed by atoms with Crippen LogP contribution >= 0.6 is 0 Å². The number of phenolic OH excluding ortho intramolecular Hbond substituents is 1. The molecule has 0 amide bonds. The number of para-hydroxylation sites is 2. The van der Waals surface area contributed by atoms with Crippen LogP contribution in [0.25, 0.3) is 5.69 Å². The summed E-state index contributed by atoms with van der Waals surface area (Å²) in [5.41, 5.74) is 8.77. The topological polar surface area (TPSA) is 76.1 Å². The molecule has 17 heavy (non-hydrogen) atoms.